The van der Waals surface area contributed by atoms with Crippen molar-refractivity contribution in [2.75, 3.05) is 11.1 Å². The zero-order chi connectivity index (χ0) is 23.6. The summed E-state index contributed by atoms with van der Waals surface area (Å²) in [6.45, 7) is 1.28. The van der Waals surface area contributed by atoms with Gasteiger partial charge in [0.2, 0.25) is 5.84 Å². The number of anilines is 1. The van der Waals surface area contributed by atoms with E-state index in [9.17, 15) is 43.9 Å². The molecule has 0 aliphatic rings. The molecule has 31 heavy (non-hydrogen) atoms. The molecule has 0 aliphatic carbocycles. The number of nitrogens with one attached hydrogen (secondary N) is 1. The molecule has 0 aliphatic heterocycles. The van der Waals surface area contributed by atoms with Crippen LogP contribution in [0.3, 0.4) is 0 Å². The predicted octanol–water partition coefficient (Wildman–Crippen LogP) is 7.51. The number of thioether (sulfide) groups is 1. The molecule has 13 heteroatoms. The fourth-order valence-corrected chi connectivity index (χ4v) is 3.01. The molecule has 0 unspecified atom stereocenters. The Kier molecular flexibility index (Phi) is 7.18. The predicted molar refractivity (Wildman–Crippen MR) is 96.1 cm³/mol. The number of amidine groups is 1. The van der Waals surface area contributed by atoms with E-state index in [2.05, 4.69) is 4.99 Å². The van der Waals surface area contributed by atoms with Gasteiger partial charge in [0.05, 0.1) is 11.3 Å². The van der Waals surface area contributed by atoms with Crippen molar-refractivity contribution in [2.45, 2.75) is 30.3 Å². The Morgan fingerprint density at radius 2 is 1.52 bits per heavy atom. The molecule has 1 N–H and O–H groups in total. The highest BCUT2D eigenvalue weighted by molar-refractivity contribution is 7.99. The van der Waals surface area contributed by atoms with Crippen molar-refractivity contribution in [3.8, 4) is 0 Å². The molecule has 2 rings (SSSR count). The van der Waals surface area contributed by atoms with Crippen LogP contribution in [0.2, 0.25) is 0 Å². The van der Waals surface area contributed by atoms with E-state index in [1.165, 1.54) is 6.92 Å². The standard InChI is InChI=1S/C18H12F10N2S/c1-9-6-12(19)13(7-14(9)31-8-16(20,21)22)30-15(18(26,27)28)29-11-4-2-10(3-5-11)17(23,24)25/h2-7H,8H2,1H3,(H,29,30). The first-order valence-corrected chi connectivity index (χ1v) is 9.15. The lowest BCUT2D eigenvalue weighted by atomic mass is 10.2. The van der Waals surface area contributed by atoms with Crippen LogP contribution in [0.1, 0.15) is 11.1 Å². The largest absolute Gasteiger partial charge is 0.449 e. The van der Waals surface area contributed by atoms with Crippen LogP contribution in [-0.4, -0.2) is 23.9 Å². The molecule has 0 bridgehead atoms. The van der Waals surface area contributed by atoms with Gasteiger partial charge in [-0.2, -0.15) is 39.5 Å². The number of rotatable bonds is 4. The lowest BCUT2D eigenvalue weighted by molar-refractivity contribution is -0.137. The van der Waals surface area contributed by atoms with Gasteiger partial charge in [0.1, 0.15) is 11.5 Å². The molecule has 0 saturated carbocycles. The normalized spacial score (nSPS) is 13.5. The Hall–Kier alpha value is -2.44. The zero-order valence-corrected chi connectivity index (χ0v) is 16.1. The molecular formula is C18H12F10N2S. The lowest BCUT2D eigenvalue weighted by Crippen LogP contribution is -2.30. The van der Waals surface area contributed by atoms with Crippen LogP contribution in [0, 0.1) is 12.7 Å². The van der Waals surface area contributed by atoms with Crippen molar-refractivity contribution in [2.24, 2.45) is 4.99 Å². The molecule has 0 radical (unpaired) electrons. The topological polar surface area (TPSA) is 24.4 Å². The summed E-state index contributed by atoms with van der Waals surface area (Å²) in [5, 5.41) is 1.77. The van der Waals surface area contributed by atoms with E-state index < -0.39 is 52.9 Å². The van der Waals surface area contributed by atoms with Crippen molar-refractivity contribution >= 4 is 29.0 Å². The minimum atomic E-state index is -5.17. The van der Waals surface area contributed by atoms with E-state index in [-0.39, 0.29) is 22.2 Å². The third-order valence-corrected chi connectivity index (χ3v) is 4.83. The fraction of sp³-hybridized carbons (Fsp3) is 0.278. The van der Waals surface area contributed by atoms with Crippen molar-refractivity contribution in [1.82, 2.24) is 0 Å². The molecule has 0 heterocycles. The Morgan fingerprint density at radius 1 is 0.935 bits per heavy atom. The molecule has 0 fully saturated rings. The number of benzene rings is 2. The maximum atomic E-state index is 14.1. The van der Waals surface area contributed by atoms with Gasteiger partial charge in [-0.25, -0.2) is 9.38 Å². The summed E-state index contributed by atoms with van der Waals surface area (Å²) in [6, 6.07) is 3.99. The van der Waals surface area contributed by atoms with Crippen molar-refractivity contribution in [1.29, 1.82) is 0 Å². The number of hydrogen-bond donors (Lipinski definition) is 1. The monoisotopic (exact) mass is 478 g/mol. The first-order valence-electron chi connectivity index (χ1n) is 8.16. The second kappa shape index (κ2) is 8.97. The molecular weight excluding hydrogens is 466 g/mol. The third kappa shape index (κ3) is 7.33. The molecule has 2 aromatic carbocycles. The van der Waals surface area contributed by atoms with Gasteiger partial charge in [-0.3, -0.25) is 0 Å². The van der Waals surface area contributed by atoms with Crippen LogP contribution in [0.15, 0.2) is 46.3 Å². The van der Waals surface area contributed by atoms with Crippen LogP contribution < -0.4 is 5.32 Å². The summed E-state index contributed by atoms with van der Waals surface area (Å²) < 4.78 is 129. The highest BCUT2D eigenvalue weighted by Crippen LogP contribution is 2.35. The van der Waals surface area contributed by atoms with Crippen molar-refractivity contribution in [3.05, 3.63) is 53.3 Å². The average Bonchev–Trinajstić information content (AvgIpc) is 2.60. The van der Waals surface area contributed by atoms with E-state index in [0.717, 1.165) is 24.3 Å². The number of aryl methyl sites for hydroxylation is 1. The Morgan fingerprint density at radius 3 is 2.00 bits per heavy atom. The van der Waals surface area contributed by atoms with Gasteiger partial charge < -0.3 is 5.32 Å². The smallest absolute Gasteiger partial charge is 0.336 e. The Bertz CT molecular complexity index is 944. The quantitative estimate of drug-likeness (QED) is 0.213. The number of nitrogens with zero attached hydrogens (tertiary/aromatic N) is 1. The summed E-state index contributed by atoms with van der Waals surface area (Å²) in [5.74, 6) is -4.33. The molecule has 0 amide bonds. The average molecular weight is 478 g/mol. The highest BCUT2D eigenvalue weighted by atomic mass is 32.2. The molecule has 0 atom stereocenters. The Balaban J connectivity index is 2.39. The zero-order valence-electron chi connectivity index (χ0n) is 15.3. The molecule has 0 spiro atoms. The number of aliphatic imine (C=N–C) groups is 1. The molecule has 170 valence electrons. The van der Waals surface area contributed by atoms with Gasteiger partial charge in [0.25, 0.3) is 0 Å². The first-order chi connectivity index (χ1) is 14.1. The van der Waals surface area contributed by atoms with E-state index in [4.69, 9.17) is 0 Å². The Labute approximate surface area is 173 Å². The highest BCUT2D eigenvalue weighted by Gasteiger charge is 2.37. The number of halogens is 10. The summed E-state index contributed by atoms with van der Waals surface area (Å²) >= 11 is 0.250. The van der Waals surface area contributed by atoms with Crippen LogP contribution in [0.4, 0.5) is 55.3 Å². The maximum Gasteiger partial charge on any atom is 0.449 e. The molecule has 0 aromatic heterocycles. The van der Waals surface area contributed by atoms with E-state index in [0.29, 0.717) is 12.1 Å². The van der Waals surface area contributed by atoms with Gasteiger partial charge in [0.15, 0.2) is 0 Å². The van der Waals surface area contributed by atoms with Crippen molar-refractivity contribution < 1.29 is 43.9 Å². The second-order valence-corrected chi connectivity index (χ2v) is 7.15. The summed E-state index contributed by atoms with van der Waals surface area (Å²) in [6.07, 6.45) is -14.4. The summed E-state index contributed by atoms with van der Waals surface area (Å²) in [7, 11) is 0. The lowest BCUT2D eigenvalue weighted by Gasteiger charge is -2.15. The second-order valence-electron chi connectivity index (χ2n) is 6.13. The van der Waals surface area contributed by atoms with Gasteiger partial charge in [0, 0.05) is 10.6 Å². The van der Waals surface area contributed by atoms with Gasteiger partial charge in [-0.1, -0.05) is 0 Å². The molecule has 0 saturated heterocycles. The van der Waals surface area contributed by atoms with Gasteiger partial charge in [-0.05, 0) is 48.9 Å². The number of alkyl halides is 9. The van der Waals surface area contributed by atoms with Crippen LogP contribution in [0.25, 0.3) is 0 Å². The molecule has 2 aromatic rings. The SMILES string of the molecule is Cc1cc(F)c(/N=C(/Nc2ccc(C(F)(F)F)cc2)C(F)(F)F)cc1SCC(F)(F)F. The van der Waals surface area contributed by atoms with Crippen molar-refractivity contribution in [3.63, 3.8) is 0 Å². The summed E-state index contributed by atoms with van der Waals surface area (Å²) in [5.41, 5.74) is -2.33. The van der Waals surface area contributed by atoms with E-state index in [1.807, 2.05) is 0 Å². The molecule has 2 nitrogen and oxygen atoms in total. The maximum absolute atomic E-state index is 14.1. The van der Waals surface area contributed by atoms with Crippen LogP contribution in [0.5, 0.6) is 0 Å². The van der Waals surface area contributed by atoms with Gasteiger partial charge in [-0.15, -0.1) is 11.8 Å². The van der Waals surface area contributed by atoms with Crippen LogP contribution in [-0.2, 0) is 6.18 Å². The van der Waals surface area contributed by atoms with Crippen LogP contribution >= 0.6 is 11.8 Å². The number of hydrogen-bond acceptors (Lipinski definition) is 2. The summed E-state index contributed by atoms with van der Waals surface area (Å²) in [4.78, 5) is 3.00. The minimum absolute atomic E-state index is 0.0648. The van der Waals surface area contributed by atoms with Gasteiger partial charge >= 0.3 is 18.5 Å². The first kappa shape index (κ1) is 24.8. The van der Waals surface area contributed by atoms with E-state index in [1.54, 1.807) is 5.32 Å². The minimum Gasteiger partial charge on any atom is -0.336 e. The fourth-order valence-electron chi connectivity index (χ4n) is 2.20. The third-order valence-electron chi connectivity index (χ3n) is 3.61. The van der Waals surface area contributed by atoms with E-state index >= 15 is 0 Å².